The Hall–Kier alpha value is -2.80. The minimum absolute atomic E-state index is 0.00190. The van der Waals surface area contributed by atoms with Crippen molar-refractivity contribution in [3.63, 3.8) is 0 Å². The normalized spacial score (nSPS) is 19.1. The molecule has 1 aliphatic carbocycles. The first-order valence-electron chi connectivity index (χ1n) is 10.1. The van der Waals surface area contributed by atoms with Gasteiger partial charge in [0, 0.05) is 5.92 Å². The summed E-state index contributed by atoms with van der Waals surface area (Å²) in [5.41, 5.74) is 3.47. The molecule has 0 radical (unpaired) electrons. The third-order valence-corrected chi connectivity index (χ3v) is 5.32. The van der Waals surface area contributed by atoms with Crippen LogP contribution in [0.1, 0.15) is 51.0 Å². The fourth-order valence-corrected chi connectivity index (χ4v) is 4.17. The van der Waals surface area contributed by atoms with Crippen LogP contribution in [-0.2, 0) is 4.79 Å². The van der Waals surface area contributed by atoms with Crippen LogP contribution in [0, 0.1) is 17.2 Å². The van der Waals surface area contributed by atoms with Crippen LogP contribution in [0.3, 0.4) is 0 Å². The van der Waals surface area contributed by atoms with Crippen molar-refractivity contribution >= 4 is 5.91 Å². The summed E-state index contributed by atoms with van der Waals surface area (Å²) in [7, 11) is 0. The molecule has 0 saturated heterocycles. The molecule has 1 unspecified atom stereocenters. The second-order valence-electron chi connectivity index (χ2n) is 7.66. The van der Waals surface area contributed by atoms with E-state index >= 15 is 0 Å². The number of rotatable bonds is 6. The first-order valence-corrected chi connectivity index (χ1v) is 10.1. The molecule has 1 aliphatic rings. The van der Waals surface area contributed by atoms with Gasteiger partial charge in [-0.1, -0.05) is 49.2 Å². The second kappa shape index (κ2) is 9.41. The molecule has 0 heterocycles. The van der Waals surface area contributed by atoms with E-state index in [1.165, 1.54) is 5.56 Å². The number of benzene rings is 2. The van der Waals surface area contributed by atoms with E-state index in [1.807, 2.05) is 44.2 Å². The number of nitrogens with zero attached hydrogens (tertiary/aromatic N) is 1. The third-order valence-electron chi connectivity index (χ3n) is 5.32. The molecule has 2 atom stereocenters. The Bertz CT molecular complexity index is 854. The van der Waals surface area contributed by atoms with Crippen LogP contribution in [0.25, 0.3) is 11.1 Å². The molecule has 0 bridgehead atoms. The molecule has 4 nitrogen and oxygen atoms in total. The molecule has 1 saturated carbocycles. The zero-order valence-electron chi connectivity index (χ0n) is 16.7. The number of carbonyl (C=O) groups is 1. The number of hydrogen-bond acceptors (Lipinski definition) is 3. The van der Waals surface area contributed by atoms with Crippen molar-refractivity contribution < 1.29 is 9.53 Å². The summed E-state index contributed by atoms with van der Waals surface area (Å²) in [5.74, 6) is 0.934. The zero-order valence-corrected chi connectivity index (χ0v) is 16.7. The SMILES string of the molecule is CC(C)Oc1cccc(-c2ccccc2C2CCCC[C@H]2C(=O)NCC#N)c1. The average Bonchev–Trinajstić information content (AvgIpc) is 2.71. The number of ether oxygens (including phenoxy) is 1. The van der Waals surface area contributed by atoms with Gasteiger partial charge in [-0.25, -0.2) is 0 Å². The van der Waals surface area contributed by atoms with Crippen LogP contribution < -0.4 is 10.1 Å². The van der Waals surface area contributed by atoms with Gasteiger partial charge in [0.2, 0.25) is 5.91 Å². The van der Waals surface area contributed by atoms with Crippen LogP contribution in [0.2, 0.25) is 0 Å². The largest absolute Gasteiger partial charge is 0.491 e. The number of amides is 1. The number of hydrogen-bond donors (Lipinski definition) is 1. The van der Waals surface area contributed by atoms with Crippen molar-refractivity contribution in [2.75, 3.05) is 6.54 Å². The van der Waals surface area contributed by atoms with Gasteiger partial charge >= 0.3 is 0 Å². The van der Waals surface area contributed by atoms with E-state index in [-0.39, 0.29) is 30.4 Å². The lowest BCUT2D eigenvalue weighted by Gasteiger charge is -2.32. The van der Waals surface area contributed by atoms with Crippen molar-refractivity contribution in [2.24, 2.45) is 5.92 Å². The number of nitrogens with one attached hydrogen (secondary N) is 1. The minimum atomic E-state index is -0.0849. The lowest BCUT2D eigenvalue weighted by atomic mass is 9.73. The Morgan fingerprint density at radius 3 is 2.75 bits per heavy atom. The van der Waals surface area contributed by atoms with Crippen molar-refractivity contribution in [1.29, 1.82) is 5.26 Å². The highest BCUT2D eigenvalue weighted by Crippen LogP contribution is 2.42. The smallest absolute Gasteiger partial charge is 0.224 e. The quantitative estimate of drug-likeness (QED) is 0.717. The van der Waals surface area contributed by atoms with Gasteiger partial charge in [0.25, 0.3) is 0 Å². The molecule has 146 valence electrons. The van der Waals surface area contributed by atoms with E-state index in [0.717, 1.165) is 42.6 Å². The van der Waals surface area contributed by atoms with Gasteiger partial charge in [-0.05, 0) is 61.4 Å². The van der Waals surface area contributed by atoms with Gasteiger partial charge in [0.15, 0.2) is 0 Å². The highest BCUT2D eigenvalue weighted by Gasteiger charge is 2.33. The topological polar surface area (TPSA) is 62.1 Å². The van der Waals surface area contributed by atoms with Crippen LogP contribution in [-0.4, -0.2) is 18.6 Å². The van der Waals surface area contributed by atoms with Crippen LogP contribution >= 0.6 is 0 Å². The molecular weight excluding hydrogens is 348 g/mol. The lowest BCUT2D eigenvalue weighted by Crippen LogP contribution is -2.36. The lowest BCUT2D eigenvalue weighted by molar-refractivity contribution is -0.126. The minimum Gasteiger partial charge on any atom is -0.491 e. The first kappa shape index (κ1) is 19.9. The molecule has 1 N–H and O–H groups in total. The summed E-state index contributed by atoms with van der Waals surface area (Å²) in [6.45, 7) is 4.11. The molecule has 2 aromatic carbocycles. The zero-order chi connectivity index (χ0) is 19.9. The van der Waals surface area contributed by atoms with Gasteiger partial charge in [-0.2, -0.15) is 5.26 Å². The molecule has 2 aromatic rings. The van der Waals surface area contributed by atoms with Crippen LogP contribution in [0.5, 0.6) is 5.75 Å². The molecule has 0 spiro atoms. The maximum Gasteiger partial charge on any atom is 0.224 e. The highest BCUT2D eigenvalue weighted by molar-refractivity contribution is 5.81. The summed E-state index contributed by atoms with van der Waals surface area (Å²) in [6.07, 6.45) is 4.16. The van der Waals surface area contributed by atoms with Gasteiger partial charge in [0.1, 0.15) is 12.3 Å². The Balaban J connectivity index is 1.95. The second-order valence-corrected chi connectivity index (χ2v) is 7.66. The maximum absolute atomic E-state index is 12.7. The molecule has 0 aromatic heterocycles. The van der Waals surface area contributed by atoms with E-state index in [9.17, 15) is 4.79 Å². The predicted octanol–water partition coefficient (Wildman–Crippen LogP) is 5.05. The monoisotopic (exact) mass is 376 g/mol. The summed E-state index contributed by atoms with van der Waals surface area (Å²) < 4.78 is 5.87. The van der Waals surface area contributed by atoms with Crippen LogP contribution in [0.4, 0.5) is 0 Å². The number of nitriles is 1. The predicted molar refractivity (Wildman–Crippen MR) is 111 cm³/mol. The molecule has 28 heavy (non-hydrogen) atoms. The molecule has 1 amide bonds. The Morgan fingerprint density at radius 2 is 1.96 bits per heavy atom. The molecule has 0 aliphatic heterocycles. The number of carbonyl (C=O) groups excluding carboxylic acids is 1. The standard InChI is InChI=1S/C24H28N2O2/c1-17(2)28-19-9-7-8-18(16-19)20-10-3-4-11-21(20)22-12-5-6-13-23(22)24(27)26-15-14-25/h3-4,7-11,16-17,22-23H,5-6,12-13,15H2,1-2H3,(H,26,27)/t22?,23-/m1/s1. The Kier molecular flexibility index (Phi) is 6.71. The summed E-state index contributed by atoms with van der Waals surface area (Å²) in [6, 6.07) is 18.5. The first-order chi connectivity index (χ1) is 13.6. The molecule has 3 rings (SSSR count). The van der Waals surface area contributed by atoms with Gasteiger partial charge < -0.3 is 10.1 Å². The van der Waals surface area contributed by atoms with Crippen molar-refractivity contribution in [3.05, 3.63) is 54.1 Å². The maximum atomic E-state index is 12.7. The van der Waals surface area contributed by atoms with E-state index < -0.39 is 0 Å². The van der Waals surface area contributed by atoms with Crippen molar-refractivity contribution in [3.8, 4) is 22.9 Å². The average molecular weight is 377 g/mol. The molecule has 4 heteroatoms. The van der Waals surface area contributed by atoms with Crippen LogP contribution in [0.15, 0.2) is 48.5 Å². The summed E-state index contributed by atoms with van der Waals surface area (Å²) >= 11 is 0. The fourth-order valence-electron chi connectivity index (χ4n) is 4.17. The highest BCUT2D eigenvalue weighted by atomic mass is 16.5. The van der Waals surface area contributed by atoms with E-state index in [4.69, 9.17) is 10.00 Å². The summed E-state index contributed by atoms with van der Waals surface area (Å²) in [4.78, 5) is 12.7. The third kappa shape index (κ3) is 4.72. The van der Waals surface area contributed by atoms with Crippen molar-refractivity contribution in [2.45, 2.75) is 51.6 Å². The molecule has 1 fully saturated rings. The summed E-state index contributed by atoms with van der Waals surface area (Å²) in [5, 5.41) is 11.6. The fraction of sp³-hybridized carbons (Fsp3) is 0.417. The van der Waals surface area contributed by atoms with Gasteiger partial charge in [-0.3, -0.25) is 4.79 Å². The Labute approximate surface area is 167 Å². The van der Waals surface area contributed by atoms with E-state index in [1.54, 1.807) is 0 Å². The van der Waals surface area contributed by atoms with Gasteiger partial charge in [-0.15, -0.1) is 0 Å². The van der Waals surface area contributed by atoms with Crippen molar-refractivity contribution in [1.82, 2.24) is 5.32 Å². The van der Waals surface area contributed by atoms with E-state index in [2.05, 4.69) is 29.6 Å². The van der Waals surface area contributed by atoms with E-state index in [0.29, 0.717) is 0 Å². The van der Waals surface area contributed by atoms with Gasteiger partial charge in [0.05, 0.1) is 12.2 Å². The molecular formula is C24H28N2O2. The Morgan fingerprint density at radius 1 is 1.18 bits per heavy atom.